The molecule has 2 rings (SSSR count). The van der Waals surface area contributed by atoms with Crippen LogP contribution in [0.5, 0.6) is 5.75 Å². The fourth-order valence-corrected chi connectivity index (χ4v) is 2.31. The van der Waals surface area contributed by atoms with Crippen LogP contribution in [0.2, 0.25) is 5.02 Å². The smallest absolute Gasteiger partial charge is 0.159 e. The van der Waals surface area contributed by atoms with Crippen molar-refractivity contribution in [3.8, 4) is 17.6 Å². The molecule has 0 bridgehead atoms. The summed E-state index contributed by atoms with van der Waals surface area (Å²) >= 11 is 6.24. The van der Waals surface area contributed by atoms with Gasteiger partial charge in [-0.15, -0.1) is 0 Å². The molecule has 0 N–H and O–H groups in total. The highest BCUT2D eigenvalue weighted by atomic mass is 35.5. The van der Waals surface area contributed by atoms with Gasteiger partial charge in [0, 0.05) is 29.2 Å². The Kier molecular flexibility index (Phi) is 4.44. The fraction of sp³-hybridized carbons (Fsp3) is 0.389. The number of Topliss-reactive ketones (excluding diaryl/α,β-unsaturated/α-hetero) is 1. The zero-order chi connectivity index (χ0) is 15.6. The monoisotopic (exact) mass is 302 g/mol. The van der Waals surface area contributed by atoms with E-state index in [4.69, 9.17) is 16.3 Å². The zero-order valence-corrected chi connectivity index (χ0v) is 13.6. The van der Waals surface area contributed by atoms with Crippen molar-refractivity contribution in [3.63, 3.8) is 0 Å². The van der Waals surface area contributed by atoms with Gasteiger partial charge in [0.25, 0.3) is 0 Å². The van der Waals surface area contributed by atoms with E-state index in [-0.39, 0.29) is 11.4 Å². The Bertz CT molecular complexity index is 667. The molecule has 110 valence electrons. The first-order valence-corrected chi connectivity index (χ1v) is 7.37. The lowest BCUT2D eigenvalue weighted by Gasteiger charge is -2.21. The third-order valence-corrected chi connectivity index (χ3v) is 3.50. The molecule has 0 saturated heterocycles. The van der Waals surface area contributed by atoms with E-state index in [1.54, 1.807) is 6.07 Å². The molecule has 0 amide bonds. The summed E-state index contributed by atoms with van der Waals surface area (Å²) in [5, 5.41) is 0.562. The SMILES string of the molecule is CC1=C(C#Cc2ccc(OC(C)(C)C)cc2Cl)CCC1=O. The minimum Gasteiger partial charge on any atom is -0.488 e. The van der Waals surface area contributed by atoms with Crippen LogP contribution in [0.3, 0.4) is 0 Å². The van der Waals surface area contributed by atoms with Crippen molar-refractivity contribution in [2.24, 2.45) is 0 Å². The summed E-state index contributed by atoms with van der Waals surface area (Å²) in [6.07, 6.45) is 1.31. The van der Waals surface area contributed by atoms with Crippen molar-refractivity contribution in [2.75, 3.05) is 0 Å². The summed E-state index contributed by atoms with van der Waals surface area (Å²) in [5.41, 5.74) is 2.19. The van der Waals surface area contributed by atoms with Crippen LogP contribution in [0, 0.1) is 11.8 Å². The predicted octanol–water partition coefficient (Wildman–Crippen LogP) is 4.55. The van der Waals surface area contributed by atoms with Gasteiger partial charge in [-0.05, 0) is 46.2 Å². The number of carbonyl (C=O) groups excluding carboxylic acids is 1. The number of carbonyl (C=O) groups is 1. The third kappa shape index (κ3) is 4.12. The highest BCUT2D eigenvalue weighted by Gasteiger charge is 2.17. The number of ether oxygens (including phenoxy) is 1. The second kappa shape index (κ2) is 5.95. The summed E-state index contributed by atoms with van der Waals surface area (Å²) in [7, 11) is 0. The fourth-order valence-electron chi connectivity index (χ4n) is 2.10. The average molecular weight is 303 g/mol. The molecule has 0 unspecified atom stereocenters. The Balaban J connectivity index is 2.22. The Morgan fingerprint density at radius 3 is 2.43 bits per heavy atom. The predicted molar refractivity (Wildman–Crippen MR) is 85.7 cm³/mol. The van der Waals surface area contributed by atoms with Gasteiger partial charge in [-0.25, -0.2) is 0 Å². The Labute approximate surface area is 131 Å². The molecular formula is C18H19ClO2. The Morgan fingerprint density at radius 1 is 1.19 bits per heavy atom. The molecule has 2 nitrogen and oxygen atoms in total. The molecule has 0 heterocycles. The van der Waals surface area contributed by atoms with Crippen molar-refractivity contribution >= 4 is 17.4 Å². The maximum Gasteiger partial charge on any atom is 0.159 e. The molecule has 1 aliphatic rings. The van der Waals surface area contributed by atoms with Crippen molar-refractivity contribution in [2.45, 2.75) is 46.1 Å². The second-order valence-corrected chi connectivity index (χ2v) is 6.54. The molecule has 0 atom stereocenters. The van der Waals surface area contributed by atoms with Gasteiger partial charge in [-0.2, -0.15) is 0 Å². The molecule has 0 fully saturated rings. The van der Waals surface area contributed by atoms with E-state index < -0.39 is 0 Å². The Hall–Kier alpha value is -1.72. The topological polar surface area (TPSA) is 26.3 Å². The minimum absolute atomic E-state index is 0.194. The largest absolute Gasteiger partial charge is 0.488 e. The lowest BCUT2D eigenvalue weighted by molar-refractivity contribution is -0.114. The van der Waals surface area contributed by atoms with Gasteiger partial charge in [-0.3, -0.25) is 4.79 Å². The van der Waals surface area contributed by atoms with Crippen molar-refractivity contribution in [1.82, 2.24) is 0 Å². The van der Waals surface area contributed by atoms with E-state index in [1.807, 2.05) is 39.8 Å². The number of allylic oxidation sites excluding steroid dienone is 2. The molecule has 0 saturated carbocycles. The lowest BCUT2D eigenvalue weighted by atomic mass is 10.1. The highest BCUT2D eigenvalue weighted by Crippen LogP contribution is 2.26. The summed E-state index contributed by atoms with van der Waals surface area (Å²) in [4.78, 5) is 11.5. The van der Waals surface area contributed by atoms with E-state index >= 15 is 0 Å². The van der Waals surface area contributed by atoms with Crippen LogP contribution >= 0.6 is 11.6 Å². The van der Waals surface area contributed by atoms with E-state index in [0.717, 1.165) is 28.9 Å². The van der Waals surface area contributed by atoms with Crippen molar-refractivity contribution < 1.29 is 9.53 Å². The van der Waals surface area contributed by atoms with Crippen LogP contribution in [0.4, 0.5) is 0 Å². The van der Waals surface area contributed by atoms with Crippen LogP contribution in [0.25, 0.3) is 0 Å². The molecule has 1 aliphatic carbocycles. The van der Waals surface area contributed by atoms with Gasteiger partial charge >= 0.3 is 0 Å². The molecule has 21 heavy (non-hydrogen) atoms. The van der Waals surface area contributed by atoms with Gasteiger partial charge in [0.1, 0.15) is 11.4 Å². The maximum absolute atomic E-state index is 11.5. The van der Waals surface area contributed by atoms with Crippen molar-refractivity contribution in [3.05, 3.63) is 39.9 Å². The van der Waals surface area contributed by atoms with E-state index in [0.29, 0.717) is 11.4 Å². The first kappa shape index (κ1) is 15.7. The standard InChI is InChI=1S/C18H19ClO2/c1-12-13(8-10-17(12)20)5-6-14-7-9-15(11-16(14)19)21-18(2,3)4/h7,9,11H,8,10H2,1-4H3. The van der Waals surface area contributed by atoms with Gasteiger partial charge in [-0.1, -0.05) is 23.4 Å². The van der Waals surface area contributed by atoms with Crippen molar-refractivity contribution in [1.29, 1.82) is 0 Å². The summed E-state index contributed by atoms with van der Waals surface area (Å²) in [5.74, 6) is 7.04. The van der Waals surface area contributed by atoms with E-state index in [1.165, 1.54) is 0 Å². The first-order valence-electron chi connectivity index (χ1n) is 7.00. The average Bonchev–Trinajstić information content (AvgIpc) is 2.67. The second-order valence-electron chi connectivity index (χ2n) is 6.13. The van der Waals surface area contributed by atoms with Crippen LogP contribution < -0.4 is 4.74 Å². The number of hydrogen-bond acceptors (Lipinski definition) is 2. The summed E-state index contributed by atoms with van der Waals surface area (Å²) in [6.45, 7) is 7.80. The summed E-state index contributed by atoms with van der Waals surface area (Å²) in [6, 6.07) is 5.49. The summed E-state index contributed by atoms with van der Waals surface area (Å²) < 4.78 is 5.76. The molecule has 1 aromatic carbocycles. The van der Waals surface area contributed by atoms with Gasteiger partial charge in [0.2, 0.25) is 0 Å². The van der Waals surface area contributed by atoms with Gasteiger partial charge < -0.3 is 4.74 Å². The zero-order valence-electron chi connectivity index (χ0n) is 12.8. The normalized spacial score (nSPS) is 15.0. The molecule has 0 aliphatic heterocycles. The number of hydrogen-bond donors (Lipinski definition) is 0. The quantitative estimate of drug-likeness (QED) is 0.711. The molecular weight excluding hydrogens is 284 g/mol. The van der Waals surface area contributed by atoms with Gasteiger partial charge in [0.15, 0.2) is 5.78 Å². The molecule has 0 aromatic heterocycles. The van der Waals surface area contributed by atoms with Gasteiger partial charge in [0.05, 0.1) is 5.02 Å². The van der Waals surface area contributed by atoms with E-state index in [9.17, 15) is 4.79 Å². The molecule has 0 spiro atoms. The molecule has 1 aromatic rings. The van der Waals surface area contributed by atoms with Crippen LogP contribution in [0.1, 0.15) is 46.1 Å². The molecule has 0 radical (unpaired) electrons. The third-order valence-electron chi connectivity index (χ3n) is 3.19. The minimum atomic E-state index is -0.261. The lowest BCUT2D eigenvalue weighted by Crippen LogP contribution is -2.22. The highest BCUT2D eigenvalue weighted by molar-refractivity contribution is 6.31. The van der Waals surface area contributed by atoms with E-state index in [2.05, 4.69) is 11.8 Å². The van der Waals surface area contributed by atoms with Crippen LogP contribution in [-0.4, -0.2) is 11.4 Å². The Morgan fingerprint density at radius 2 is 1.90 bits per heavy atom. The number of rotatable bonds is 1. The number of ketones is 1. The molecule has 3 heteroatoms. The van der Waals surface area contributed by atoms with Crippen LogP contribution in [-0.2, 0) is 4.79 Å². The van der Waals surface area contributed by atoms with Crippen LogP contribution in [0.15, 0.2) is 29.3 Å². The number of benzene rings is 1. The first-order chi connectivity index (χ1) is 9.76. The maximum atomic E-state index is 11.5. The number of halogens is 1.